The van der Waals surface area contributed by atoms with E-state index in [9.17, 15) is 4.79 Å². The molecule has 84 valence electrons. The molecule has 2 nitrogen and oxygen atoms in total. The Balaban J connectivity index is 2.78. The SMILES string of the molecule is C/C=C(\SSC=S)c1ccc(OC=O)cc1. The van der Waals surface area contributed by atoms with E-state index in [1.54, 1.807) is 27.6 Å². The standard InChI is InChI=1S/C11H10O2S3/c1-2-11(16-15-8-14)9-3-5-10(6-4-9)13-7-12/h2-8H,1H3/b11-2-. The Labute approximate surface area is 108 Å². The highest BCUT2D eigenvalue weighted by Gasteiger charge is 2.01. The van der Waals surface area contributed by atoms with Gasteiger partial charge in [0.25, 0.3) is 6.47 Å². The number of carbonyl (C=O) groups is 1. The Morgan fingerprint density at radius 2 is 2.06 bits per heavy atom. The van der Waals surface area contributed by atoms with Crippen LogP contribution in [0.2, 0.25) is 0 Å². The van der Waals surface area contributed by atoms with Gasteiger partial charge >= 0.3 is 0 Å². The first-order valence-corrected chi connectivity index (χ1v) is 7.14. The molecule has 1 rings (SSSR count). The zero-order valence-electron chi connectivity index (χ0n) is 8.58. The van der Waals surface area contributed by atoms with Gasteiger partial charge in [-0.25, -0.2) is 0 Å². The fraction of sp³-hybridized carbons (Fsp3) is 0.0909. The first kappa shape index (κ1) is 13.3. The van der Waals surface area contributed by atoms with Gasteiger partial charge in [-0.15, -0.1) is 0 Å². The minimum atomic E-state index is 0.419. The quantitative estimate of drug-likeness (QED) is 0.443. The van der Waals surface area contributed by atoms with Crippen LogP contribution in [-0.4, -0.2) is 11.2 Å². The van der Waals surface area contributed by atoms with Crippen LogP contribution in [0.15, 0.2) is 30.3 Å². The molecule has 0 bridgehead atoms. The van der Waals surface area contributed by atoms with Crippen molar-refractivity contribution in [1.82, 2.24) is 0 Å². The number of rotatable bonds is 6. The van der Waals surface area contributed by atoms with Crippen LogP contribution in [0.4, 0.5) is 0 Å². The number of hydrogen-bond acceptors (Lipinski definition) is 5. The maximum absolute atomic E-state index is 10.1. The van der Waals surface area contributed by atoms with Crippen molar-refractivity contribution in [2.24, 2.45) is 0 Å². The Morgan fingerprint density at radius 1 is 1.38 bits per heavy atom. The molecule has 1 aromatic rings. The number of thiocarbonyl (C=S) groups is 1. The van der Waals surface area contributed by atoms with Crippen LogP contribution in [0.5, 0.6) is 5.75 Å². The van der Waals surface area contributed by atoms with Crippen LogP contribution >= 0.6 is 33.8 Å². The van der Waals surface area contributed by atoms with Gasteiger partial charge in [0.1, 0.15) is 5.75 Å². The lowest BCUT2D eigenvalue weighted by molar-refractivity contribution is -0.120. The molecule has 0 unspecified atom stereocenters. The van der Waals surface area contributed by atoms with Gasteiger partial charge in [0.2, 0.25) is 0 Å². The second-order valence-electron chi connectivity index (χ2n) is 2.67. The first-order chi connectivity index (χ1) is 7.81. The molecule has 0 fully saturated rings. The summed E-state index contributed by atoms with van der Waals surface area (Å²) in [4.78, 5) is 11.3. The van der Waals surface area contributed by atoms with E-state index in [1.807, 2.05) is 25.1 Å². The molecule has 0 amide bonds. The van der Waals surface area contributed by atoms with Crippen molar-refractivity contribution >= 4 is 49.9 Å². The van der Waals surface area contributed by atoms with Crippen molar-refractivity contribution in [2.45, 2.75) is 6.92 Å². The van der Waals surface area contributed by atoms with Crippen LogP contribution in [0.25, 0.3) is 4.91 Å². The van der Waals surface area contributed by atoms with Crippen LogP contribution in [0, 0.1) is 0 Å². The average molecular weight is 270 g/mol. The fourth-order valence-electron chi connectivity index (χ4n) is 1.09. The maximum atomic E-state index is 10.1. The van der Waals surface area contributed by atoms with Crippen LogP contribution in [-0.2, 0) is 4.79 Å². The minimum absolute atomic E-state index is 0.419. The highest BCUT2D eigenvalue weighted by Crippen LogP contribution is 2.36. The molecule has 0 N–H and O–H groups in total. The molecule has 0 aromatic heterocycles. The molecule has 1 aromatic carbocycles. The smallest absolute Gasteiger partial charge is 0.298 e. The van der Waals surface area contributed by atoms with E-state index >= 15 is 0 Å². The number of benzene rings is 1. The number of allylic oxidation sites excluding steroid dienone is 1. The van der Waals surface area contributed by atoms with Gasteiger partial charge in [-0.05, 0) is 35.4 Å². The van der Waals surface area contributed by atoms with Crippen molar-refractivity contribution in [3.8, 4) is 5.75 Å². The lowest BCUT2D eigenvalue weighted by atomic mass is 10.2. The molecular weight excluding hydrogens is 260 g/mol. The van der Waals surface area contributed by atoms with Crippen LogP contribution in [0.1, 0.15) is 12.5 Å². The molecule has 0 aliphatic carbocycles. The summed E-state index contributed by atoms with van der Waals surface area (Å²) >= 11 is 4.75. The van der Waals surface area contributed by atoms with Gasteiger partial charge in [-0.2, -0.15) is 0 Å². The Morgan fingerprint density at radius 3 is 2.56 bits per heavy atom. The summed E-state index contributed by atoms with van der Waals surface area (Å²) in [6, 6.07) is 7.34. The van der Waals surface area contributed by atoms with Crippen molar-refractivity contribution in [2.75, 3.05) is 0 Å². The predicted octanol–water partition coefficient (Wildman–Crippen LogP) is 3.92. The summed E-state index contributed by atoms with van der Waals surface area (Å²) in [5, 5.41) is 0. The molecule has 0 aliphatic heterocycles. The molecule has 0 atom stereocenters. The van der Waals surface area contributed by atoms with Gasteiger partial charge in [0, 0.05) is 9.60 Å². The second-order valence-corrected chi connectivity index (χ2v) is 5.31. The van der Waals surface area contributed by atoms with Crippen LogP contribution in [0.3, 0.4) is 0 Å². The summed E-state index contributed by atoms with van der Waals surface area (Å²) in [5.74, 6) is 0.543. The molecule has 0 aliphatic rings. The number of hydrogen-bond donors (Lipinski definition) is 0. The number of ether oxygens (including phenoxy) is 1. The van der Waals surface area contributed by atoms with E-state index in [1.165, 1.54) is 10.8 Å². The van der Waals surface area contributed by atoms with Crippen molar-refractivity contribution in [1.29, 1.82) is 0 Å². The van der Waals surface area contributed by atoms with E-state index < -0.39 is 0 Å². The molecule has 0 radical (unpaired) electrons. The molecule has 0 saturated carbocycles. The maximum Gasteiger partial charge on any atom is 0.298 e. The zero-order valence-corrected chi connectivity index (χ0v) is 11.0. The third-order valence-corrected chi connectivity index (χ3v) is 4.36. The van der Waals surface area contributed by atoms with E-state index in [2.05, 4.69) is 0 Å². The molecule has 0 spiro atoms. The summed E-state index contributed by atoms with van der Waals surface area (Å²) < 4.78 is 6.34. The minimum Gasteiger partial charge on any atom is -0.429 e. The highest BCUT2D eigenvalue weighted by atomic mass is 33.1. The molecule has 0 saturated heterocycles. The van der Waals surface area contributed by atoms with Crippen LogP contribution < -0.4 is 4.74 Å². The van der Waals surface area contributed by atoms with Gasteiger partial charge in [-0.1, -0.05) is 41.2 Å². The van der Waals surface area contributed by atoms with E-state index in [0.29, 0.717) is 12.2 Å². The number of carbonyl (C=O) groups excluding carboxylic acids is 1. The third kappa shape index (κ3) is 4.00. The first-order valence-electron chi connectivity index (χ1n) is 4.46. The summed E-state index contributed by atoms with van der Waals surface area (Å²) in [7, 11) is 3.10. The lowest BCUT2D eigenvalue weighted by Gasteiger charge is -2.05. The Kier molecular flexibility index (Phi) is 6.22. The third-order valence-electron chi connectivity index (χ3n) is 1.76. The predicted molar refractivity (Wildman–Crippen MR) is 75.6 cm³/mol. The fourth-order valence-corrected chi connectivity index (χ4v) is 2.92. The van der Waals surface area contributed by atoms with E-state index in [0.717, 1.165) is 10.5 Å². The molecule has 5 heteroatoms. The second kappa shape index (κ2) is 7.49. The Bertz CT molecular complexity index is 385. The summed E-state index contributed by atoms with van der Waals surface area (Å²) in [6.45, 7) is 2.39. The summed E-state index contributed by atoms with van der Waals surface area (Å²) in [5.41, 5.74) is 1.08. The van der Waals surface area contributed by atoms with Crippen molar-refractivity contribution in [3.05, 3.63) is 35.9 Å². The van der Waals surface area contributed by atoms with E-state index in [-0.39, 0.29) is 0 Å². The highest BCUT2D eigenvalue weighted by molar-refractivity contribution is 8.85. The van der Waals surface area contributed by atoms with Crippen molar-refractivity contribution in [3.63, 3.8) is 0 Å². The zero-order chi connectivity index (χ0) is 11.8. The van der Waals surface area contributed by atoms with Crippen molar-refractivity contribution < 1.29 is 9.53 Å². The monoisotopic (exact) mass is 270 g/mol. The largest absolute Gasteiger partial charge is 0.429 e. The topological polar surface area (TPSA) is 26.3 Å². The lowest BCUT2D eigenvalue weighted by Crippen LogP contribution is -1.88. The molecule has 16 heavy (non-hydrogen) atoms. The van der Waals surface area contributed by atoms with Gasteiger partial charge in [0.15, 0.2) is 0 Å². The van der Waals surface area contributed by atoms with Gasteiger partial charge < -0.3 is 4.74 Å². The summed E-state index contributed by atoms with van der Waals surface area (Å²) in [6.07, 6.45) is 2.02. The normalized spacial score (nSPS) is 10.9. The van der Waals surface area contributed by atoms with E-state index in [4.69, 9.17) is 17.0 Å². The molecule has 0 heterocycles. The Hall–Kier alpha value is -0.780. The van der Waals surface area contributed by atoms with Gasteiger partial charge in [0.05, 0.1) is 0 Å². The molecular formula is C11H10O2S3. The van der Waals surface area contributed by atoms with Gasteiger partial charge in [-0.3, -0.25) is 4.79 Å². The average Bonchev–Trinajstić information content (AvgIpc) is 2.32.